The van der Waals surface area contributed by atoms with Gasteiger partial charge in [-0.15, -0.1) is 0 Å². The number of hydrogen-bond donors (Lipinski definition) is 1. The average molecular weight is 235 g/mol. The number of ether oxygens (including phenoxy) is 1. The van der Waals surface area contributed by atoms with Gasteiger partial charge in [0.2, 0.25) is 0 Å². The van der Waals surface area contributed by atoms with Gasteiger partial charge < -0.3 is 10.5 Å². The summed E-state index contributed by atoms with van der Waals surface area (Å²) < 4.78 is 5.57. The number of nitrogens with two attached hydrogens (primary N) is 1. The van der Waals surface area contributed by atoms with E-state index >= 15 is 0 Å². The van der Waals surface area contributed by atoms with Gasteiger partial charge in [0.25, 0.3) is 0 Å². The molecule has 0 saturated heterocycles. The lowest BCUT2D eigenvalue weighted by atomic mass is 9.83. The van der Waals surface area contributed by atoms with E-state index in [1.165, 1.54) is 16.7 Å². The van der Waals surface area contributed by atoms with E-state index in [4.69, 9.17) is 10.5 Å². The summed E-state index contributed by atoms with van der Waals surface area (Å²) in [5, 5.41) is 0. The summed E-state index contributed by atoms with van der Waals surface area (Å²) in [6, 6.07) is 4.41. The summed E-state index contributed by atoms with van der Waals surface area (Å²) in [5.41, 5.74) is 9.55. The fraction of sp³-hybridized carbons (Fsp3) is 0.600. The van der Waals surface area contributed by atoms with Crippen molar-refractivity contribution in [1.29, 1.82) is 0 Å². The van der Waals surface area contributed by atoms with Crippen molar-refractivity contribution in [2.24, 2.45) is 11.7 Å². The Kier molecular flexibility index (Phi) is 5.01. The maximum absolute atomic E-state index is 5.73. The summed E-state index contributed by atoms with van der Waals surface area (Å²) in [6.45, 7) is 9.46. The average Bonchev–Trinajstić information content (AvgIpc) is 2.24. The van der Waals surface area contributed by atoms with Crippen LogP contribution in [0.25, 0.3) is 0 Å². The fourth-order valence-electron chi connectivity index (χ4n) is 2.57. The summed E-state index contributed by atoms with van der Waals surface area (Å²) in [4.78, 5) is 0. The molecule has 96 valence electrons. The Balaban J connectivity index is 3.25. The smallest absolute Gasteiger partial charge is 0.125 e. The van der Waals surface area contributed by atoms with Gasteiger partial charge in [0.1, 0.15) is 5.75 Å². The first-order valence-corrected chi connectivity index (χ1v) is 6.36. The van der Waals surface area contributed by atoms with Crippen molar-refractivity contribution in [2.45, 2.75) is 40.0 Å². The first-order chi connectivity index (χ1) is 8.01. The Morgan fingerprint density at radius 2 is 1.88 bits per heavy atom. The van der Waals surface area contributed by atoms with Crippen molar-refractivity contribution < 1.29 is 4.74 Å². The summed E-state index contributed by atoms with van der Waals surface area (Å²) >= 11 is 0. The van der Waals surface area contributed by atoms with E-state index in [-0.39, 0.29) is 0 Å². The van der Waals surface area contributed by atoms with Crippen LogP contribution < -0.4 is 10.5 Å². The molecule has 0 bridgehead atoms. The third-order valence-corrected chi connectivity index (χ3v) is 3.33. The molecule has 1 unspecified atom stereocenters. The maximum Gasteiger partial charge on any atom is 0.125 e. The lowest BCUT2D eigenvalue weighted by Crippen LogP contribution is -2.14. The van der Waals surface area contributed by atoms with Gasteiger partial charge in [0, 0.05) is 0 Å². The number of benzene rings is 1. The van der Waals surface area contributed by atoms with Gasteiger partial charge in [-0.3, -0.25) is 0 Å². The highest BCUT2D eigenvalue weighted by Crippen LogP contribution is 2.36. The predicted molar refractivity (Wildman–Crippen MR) is 73.7 cm³/mol. The third kappa shape index (κ3) is 3.22. The van der Waals surface area contributed by atoms with Crippen LogP contribution in [0.4, 0.5) is 0 Å². The molecule has 0 amide bonds. The van der Waals surface area contributed by atoms with Crippen LogP contribution >= 0.6 is 0 Å². The molecule has 0 aliphatic carbocycles. The molecular weight excluding hydrogens is 210 g/mol. The highest BCUT2D eigenvalue weighted by molar-refractivity contribution is 5.46. The second-order valence-electron chi connectivity index (χ2n) is 5.13. The van der Waals surface area contributed by atoms with Crippen LogP contribution in [0.5, 0.6) is 5.75 Å². The molecule has 0 aliphatic heterocycles. The van der Waals surface area contributed by atoms with Crippen LogP contribution in [0.15, 0.2) is 12.1 Å². The fourth-order valence-corrected chi connectivity index (χ4v) is 2.57. The highest BCUT2D eigenvalue weighted by Gasteiger charge is 2.20. The molecule has 0 spiro atoms. The van der Waals surface area contributed by atoms with Gasteiger partial charge in [-0.1, -0.05) is 31.5 Å². The minimum atomic E-state index is 0.480. The molecule has 17 heavy (non-hydrogen) atoms. The van der Waals surface area contributed by atoms with Gasteiger partial charge in [0.15, 0.2) is 0 Å². The molecule has 0 aliphatic rings. The third-order valence-electron chi connectivity index (χ3n) is 3.33. The van der Waals surface area contributed by atoms with Crippen molar-refractivity contribution in [1.82, 2.24) is 0 Å². The van der Waals surface area contributed by atoms with Crippen LogP contribution in [0, 0.1) is 19.8 Å². The van der Waals surface area contributed by atoms with Gasteiger partial charge in [-0.25, -0.2) is 0 Å². The molecule has 0 heterocycles. The van der Waals surface area contributed by atoms with Crippen molar-refractivity contribution in [3.63, 3.8) is 0 Å². The van der Waals surface area contributed by atoms with E-state index < -0.39 is 0 Å². The molecule has 2 nitrogen and oxygen atoms in total. The summed E-state index contributed by atoms with van der Waals surface area (Å²) in [5.74, 6) is 2.09. The molecular formula is C15H25NO. The Morgan fingerprint density at radius 3 is 2.35 bits per heavy atom. The largest absolute Gasteiger partial charge is 0.496 e. The molecule has 0 saturated carbocycles. The zero-order chi connectivity index (χ0) is 13.0. The number of rotatable bonds is 5. The molecule has 2 N–H and O–H groups in total. The van der Waals surface area contributed by atoms with E-state index in [9.17, 15) is 0 Å². The van der Waals surface area contributed by atoms with Crippen LogP contribution in [0.1, 0.15) is 42.9 Å². The molecule has 1 aromatic carbocycles. The van der Waals surface area contributed by atoms with Crippen molar-refractivity contribution in [2.75, 3.05) is 13.7 Å². The first kappa shape index (κ1) is 14.0. The quantitative estimate of drug-likeness (QED) is 0.849. The van der Waals surface area contributed by atoms with Gasteiger partial charge >= 0.3 is 0 Å². The van der Waals surface area contributed by atoms with E-state index in [0.717, 1.165) is 18.7 Å². The van der Waals surface area contributed by atoms with Gasteiger partial charge in [-0.2, -0.15) is 0 Å². The molecule has 0 aromatic heterocycles. The van der Waals surface area contributed by atoms with E-state index in [0.29, 0.717) is 11.8 Å². The highest BCUT2D eigenvalue weighted by atomic mass is 16.5. The summed E-state index contributed by atoms with van der Waals surface area (Å²) in [7, 11) is 1.75. The molecule has 0 fully saturated rings. The lowest BCUT2D eigenvalue weighted by molar-refractivity contribution is 0.387. The number of hydrogen-bond acceptors (Lipinski definition) is 2. The van der Waals surface area contributed by atoms with E-state index in [1.807, 2.05) is 0 Å². The molecule has 1 aromatic rings. The van der Waals surface area contributed by atoms with E-state index in [1.54, 1.807) is 7.11 Å². The van der Waals surface area contributed by atoms with E-state index in [2.05, 4.69) is 39.8 Å². The Bertz CT molecular complexity index is 371. The minimum Gasteiger partial charge on any atom is -0.496 e. The van der Waals surface area contributed by atoms with Crippen molar-refractivity contribution >= 4 is 0 Å². The SMILES string of the molecule is COc1c(C)cc(C)cc1C(CCN)C(C)C. The topological polar surface area (TPSA) is 35.2 Å². The molecule has 0 radical (unpaired) electrons. The second-order valence-corrected chi connectivity index (χ2v) is 5.13. The van der Waals surface area contributed by atoms with Crippen LogP contribution in [-0.2, 0) is 0 Å². The number of methoxy groups -OCH3 is 1. The second kappa shape index (κ2) is 6.06. The normalized spacial score (nSPS) is 12.9. The standard InChI is InChI=1S/C15H25NO/c1-10(2)13(6-7-16)14-9-11(3)8-12(4)15(14)17-5/h8-10,13H,6-7,16H2,1-5H3. The zero-order valence-corrected chi connectivity index (χ0v) is 11.7. The molecule has 2 heteroatoms. The Hall–Kier alpha value is -1.02. The molecule has 1 atom stereocenters. The Morgan fingerprint density at radius 1 is 1.24 bits per heavy atom. The van der Waals surface area contributed by atoms with Crippen molar-refractivity contribution in [3.8, 4) is 5.75 Å². The van der Waals surface area contributed by atoms with Crippen LogP contribution in [-0.4, -0.2) is 13.7 Å². The van der Waals surface area contributed by atoms with Crippen molar-refractivity contribution in [3.05, 3.63) is 28.8 Å². The predicted octanol–water partition coefficient (Wildman–Crippen LogP) is 3.40. The van der Waals surface area contributed by atoms with Gasteiger partial charge in [0.05, 0.1) is 7.11 Å². The minimum absolute atomic E-state index is 0.480. The van der Waals surface area contributed by atoms with Gasteiger partial charge in [-0.05, 0) is 49.8 Å². The lowest BCUT2D eigenvalue weighted by Gasteiger charge is -2.24. The zero-order valence-electron chi connectivity index (χ0n) is 11.7. The first-order valence-electron chi connectivity index (χ1n) is 6.36. The monoisotopic (exact) mass is 235 g/mol. The molecule has 1 rings (SSSR count). The number of aryl methyl sites for hydroxylation is 2. The van der Waals surface area contributed by atoms with Crippen LogP contribution in [0.3, 0.4) is 0 Å². The summed E-state index contributed by atoms with van der Waals surface area (Å²) in [6.07, 6.45) is 1.01. The Labute approximate surface area is 105 Å². The van der Waals surface area contributed by atoms with Crippen LogP contribution in [0.2, 0.25) is 0 Å². The maximum atomic E-state index is 5.73.